The van der Waals surface area contributed by atoms with Crippen molar-refractivity contribution in [1.29, 1.82) is 0 Å². The third-order valence-electron chi connectivity index (χ3n) is 2.82. The zero-order valence-electron chi connectivity index (χ0n) is 10.6. The number of nitrogens with one attached hydrogen (secondary N) is 1. The first-order valence-corrected chi connectivity index (χ1v) is 7.32. The van der Waals surface area contributed by atoms with Crippen LogP contribution in [0.2, 0.25) is 0 Å². The quantitative estimate of drug-likeness (QED) is 0.651. The van der Waals surface area contributed by atoms with Gasteiger partial charge in [0.15, 0.2) is 0 Å². The van der Waals surface area contributed by atoms with E-state index >= 15 is 0 Å². The molecule has 0 amide bonds. The molecular weight excluding hydrogens is 328 g/mol. The SMILES string of the molecule is Cc1cc([N+](=O)[O-])c(C)cc1NCc1ccc(Br)s1. The number of hydrogen-bond donors (Lipinski definition) is 1. The lowest BCUT2D eigenvalue weighted by Gasteiger charge is -2.10. The lowest BCUT2D eigenvalue weighted by atomic mass is 10.1. The highest BCUT2D eigenvalue weighted by Crippen LogP contribution is 2.27. The number of aryl methyl sites for hydroxylation is 2. The lowest BCUT2D eigenvalue weighted by Crippen LogP contribution is -2.01. The number of benzene rings is 1. The fourth-order valence-corrected chi connectivity index (χ4v) is 3.24. The second kappa shape index (κ2) is 5.71. The van der Waals surface area contributed by atoms with Crippen LogP contribution >= 0.6 is 27.3 Å². The van der Waals surface area contributed by atoms with Gasteiger partial charge in [0, 0.05) is 28.7 Å². The standard InChI is InChI=1S/C13H13BrN2O2S/c1-8-6-12(16(17)18)9(2)5-11(8)15-7-10-3-4-13(14)19-10/h3-6,15H,7H2,1-2H3. The average molecular weight is 341 g/mol. The molecule has 6 heteroatoms. The molecule has 0 aliphatic heterocycles. The summed E-state index contributed by atoms with van der Waals surface area (Å²) >= 11 is 5.10. The van der Waals surface area contributed by atoms with Crippen LogP contribution in [0, 0.1) is 24.0 Å². The second-order valence-corrected chi connectivity index (χ2v) is 6.82. The number of rotatable bonds is 4. The second-order valence-electron chi connectivity index (χ2n) is 4.27. The summed E-state index contributed by atoms with van der Waals surface area (Å²) in [6.45, 7) is 4.35. The van der Waals surface area contributed by atoms with Crippen molar-refractivity contribution in [3.8, 4) is 0 Å². The number of thiophene rings is 1. The van der Waals surface area contributed by atoms with Crippen LogP contribution in [-0.2, 0) is 6.54 Å². The molecule has 0 spiro atoms. The van der Waals surface area contributed by atoms with Crippen molar-refractivity contribution in [3.63, 3.8) is 0 Å². The van der Waals surface area contributed by atoms with Gasteiger partial charge in [-0.2, -0.15) is 0 Å². The molecule has 1 N–H and O–H groups in total. The summed E-state index contributed by atoms with van der Waals surface area (Å²) in [7, 11) is 0. The molecule has 0 unspecified atom stereocenters. The van der Waals surface area contributed by atoms with Crippen LogP contribution in [-0.4, -0.2) is 4.92 Å². The van der Waals surface area contributed by atoms with Gasteiger partial charge >= 0.3 is 0 Å². The predicted molar refractivity (Wildman–Crippen MR) is 81.9 cm³/mol. The van der Waals surface area contributed by atoms with E-state index in [4.69, 9.17) is 0 Å². The van der Waals surface area contributed by atoms with Gasteiger partial charge < -0.3 is 5.32 Å². The largest absolute Gasteiger partial charge is 0.380 e. The molecule has 0 radical (unpaired) electrons. The molecule has 0 fully saturated rings. The van der Waals surface area contributed by atoms with Crippen LogP contribution < -0.4 is 5.32 Å². The van der Waals surface area contributed by atoms with Crippen LogP contribution in [0.15, 0.2) is 28.1 Å². The van der Waals surface area contributed by atoms with Gasteiger partial charge in [-0.1, -0.05) is 0 Å². The van der Waals surface area contributed by atoms with E-state index in [9.17, 15) is 10.1 Å². The van der Waals surface area contributed by atoms with Gasteiger partial charge in [0.05, 0.1) is 8.71 Å². The fraction of sp³-hybridized carbons (Fsp3) is 0.231. The molecule has 2 aromatic rings. The Morgan fingerprint density at radius 3 is 2.63 bits per heavy atom. The summed E-state index contributed by atoms with van der Waals surface area (Å²) in [5.41, 5.74) is 2.66. The maximum atomic E-state index is 10.8. The fourth-order valence-electron chi connectivity index (χ4n) is 1.82. The Morgan fingerprint density at radius 1 is 1.32 bits per heavy atom. The highest BCUT2D eigenvalue weighted by Gasteiger charge is 2.13. The van der Waals surface area contributed by atoms with Crippen LogP contribution in [0.5, 0.6) is 0 Å². The van der Waals surface area contributed by atoms with Gasteiger partial charge in [0.2, 0.25) is 0 Å². The third kappa shape index (κ3) is 3.33. The molecular formula is C13H13BrN2O2S. The first-order valence-electron chi connectivity index (χ1n) is 5.71. The van der Waals surface area contributed by atoms with E-state index in [1.165, 1.54) is 4.88 Å². The van der Waals surface area contributed by atoms with E-state index < -0.39 is 0 Å². The first-order chi connectivity index (χ1) is 8.97. The minimum atomic E-state index is -0.345. The van der Waals surface area contributed by atoms with E-state index in [0.717, 1.165) is 15.0 Å². The number of halogens is 1. The highest BCUT2D eigenvalue weighted by atomic mass is 79.9. The number of nitro benzene ring substituents is 1. The summed E-state index contributed by atoms with van der Waals surface area (Å²) in [4.78, 5) is 11.7. The molecule has 19 heavy (non-hydrogen) atoms. The van der Waals surface area contributed by atoms with Gasteiger partial charge in [-0.25, -0.2) is 0 Å². The molecule has 2 rings (SSSR count). The summed E-state index contributed by atoms with van der Waals surface area (Å²) in [5, 5.41) is 14.2. The van der Waals surface area contributed by atoms with Crippen LogP contribution in [0.25, 0.3) is 0 Å². The summed E-state index contributed by atoms with van der Waals surface area (Å²) in [6.07, 6.45) is 0. The topological polar surface area (TPSA) is 55.2 Å². The Balaban J connectivity index is 2.17. The molecule has 0 saturated heterocycles. The molecule has 0 atom stereocenters. The third-order valence-corrected chi connectivity index (χ3v) is 4.45. The number of nitro groups is 1. The molecule has 0 bridgehead atoms. The Bertz CT molecular complexity index is 625. The molecule has 4 nitrogen and oxygen atoms in total. The molecule has 1 heterocycles. The summed E-state index contributed by atoms with van der Waals surface area (Å²) in [6, 6.07) is 7.50. The van der Waals surface area contributed by atoms with Crippen molar-refractivity contribution in [2.24, 2.45) is 0 Å². The first kappa shape index (κ1) is 14.0. The predicted octanol–water partition coefficient (Wildman–Crippen LogP) is 4.65. The number of hydrogen-bond acceptors (Lipinski definition) is 4. The van der Waals surface area contributed by atoms with Crippen molar-refractivity contribution < 1.29 is 4.92 Å². The van der Waals surface area contributed by atoms with E-state index in [1.807, 2.05) is 19.1 Å². The Kier molecular flexibility index (Phi) is 4.21. The smallest absolute Gasteiger partial charge is 0.272 e. The Labute approximate surface area is 123 Å². The molecule has 1 aromatic carbocycles. The van der Waals surface area contributed by atoms with Crippen LogP contribution in [0.1, 0.15) is 16.0 Å². The van der Waals surface area contributed by atoms with Crippen molar-refractivity contribution in [1.82, 2.24) is 0 Å². The Morgan fingerprint density at radius 2 is 2.05 bits per heavy atom. The van der Waals surface area contributed by atoms with Gasteiger partial charge in [-0.15, -0.1) is 11.3 Å². The van der Waals surface area contributed by atoms with Gasteiger partial charge in [-0.05, 0) is 53.5 Å². The average Bonchev–Trinajstić information content (AvgIpc) is 2.75. The monoisotopic (exact) mass is 340 g/mol. The van der Waals surface area contributed by atoms with Gasteiger partial charge in [0.1, 0.15) is 0 Å². The van der Waals surface area contributed by atoms with Crippen molar-refractivity contribution in [2.75, 3.05) is 5.32 Å². The van der Waals surface area contributed by atoms with E-state index in [-0.39, 0.29) is 10.6 Å². The van der Waals surface area contributed by atoms with Crippen molar-refractivity contribution >= 4 is 38.6 Å². The van der Waals surface area contributed by atoms with Crippen LogP contribution in [0.3, 0.4) is 0 Å². The normalized spacial score (nSPS) is 10.5. The van der Waals surface area contributed by atoms with E-state index in [2.05, 4.69) is 27.3 Å². The number of nitrogens with zero attached hydrogens (tertiary/aromatic N) is 1. The zero-order chi connectivity index (χ0) is 14.0. The van der Waals surface area contributed by atoms with Crippen molar-refractivity contribution in [3.05, 3.63) is 54.2 Å². The summed E-state index contributed by atoms with van der Waals surface area (Å²) in [5.74, 6) is 0. The Hall–Kier alpha value is -1.40. The minimum absolute atomic E-state index is 0.168. The van der Waals surface area contributed by atoms with E-state index in [1.54, 1.807) is 24.3 Å². The molecule has 100 valence electrons. The molecule has 1 aromatic heterocycles. The maximum absolute atomic E-state index is 10.8. The van der Waals surface area contributed by atoms with Crippen molar-refractivity contribution in [2.45, 2.75) is 20.4 Å². The van der Waals surface area contributed by atoms with E-state index in [0.29, 0.717) is 12.1 Å². The summed E-state index contributed by atoms with van der Waals surface area (Å²) < 4.78 is 1.10. The van der Waals surface area contributed by atoms with Crippen LogP contribution in [0.4, 0.5) is 11.4 Å². The zero-order valence-corrected chi connectivity index (χ0v) is 13.0. The highest BCUT2D eigenvalue weighted by molar-refractivity contribution is 9.11. The van der Waals surface area contributed by atoms with Gasteiger partial charge in [0.25, 0.3) is 5.69 Å². The minimum Gasteiger partial charge on any atom is -0.380 e. The molecule has 0 aliphatic carbocycles. The molecule has 0 aliphatic rings. The lowest BCUT2D eigenvalue weighted by molar-refractivity contribution is -0.385. The number of anilines is 1. The molecule has 0 saturated carbocycles. The van der Waals surface area contributed by atoms with Gasteiger partial charge in [-0.3, -0.25) is 10.1 Å². The maximum Gasteiger partial charge on any atom is 0.272 e.